The fraction of sp³-hybridized carbons (Fsp3) is 0.571. The molecule has 3 nitrogen and oxygen atoms in total. The lowest BCUT2D eigenvalue weighted by atomic mass is 9.99. The van der Waals surface area contributed by atoms with E-state index in [0.29, 0.717) is 12.2 Å². The van der Waals surface area contributed by atoms with Gasteiger partial charge in [-0.2, -0.15) is 0 Å². The molecule has 3 rings (SSSR count). The normalized spacial score (nSPS) is 16.7. The molecule has 1 fully saturated rings. The molecule has 2 heterocycles. The van der Waals surface area contributed by atoms with Crippen LogP contribution in [0.3, 0.4) is 0 Å². The van der Waals surface area contributed by atoms with Crippen molar-refractivity contribution in [1.82, 2.24) is 9.38 Å². The second kappa shape index (κ2) is 5.22. The van der Waals surface area contributed by atoms with Crippen LogP contribution in [-0.2, 0) is 11.2 Å². The summed E-state index contributed by atoms with van der Waals surface area (Å²) < 4.78 is 1.99. The Morgan fingerprint density at radius 2 is 2.28 bits per heavy atom. The van der Waals surface area contributed by atoms with Crippen LogP contribution >= 0.6 is 11.3 Å². The van der Waals surface area contributed by atoms with E-state index in [1.54, 1.807) is 11.3 Å². The minimum atomic E-state index is 0.340. The molecule has 0 saturated heterocycles. The zero-order valence-electron chi connectivity index (χ0n) is 10.5. The van der Waals surface area contributed by atoms with Crippen LogP contribution in [0.2, 0.25) is 0 Å². The third-order valence-electron chi connectivity index (χ3n) is 3.83. The van der Waals surface area contributed by atoms with E-state index in [-0.39, 0.29) is 0 Å². The highest BCUT2D eigenvalue weighted by atomic mass is 32.1. The molecule has 1 aliphatic rings. The van der Waals surface area contributed by atoms with Gasteiger partial charge in [-0.1, -0.05) is 25.7 Å². The fourth-order valence-electron chi connectivity index (χ4n) is 2.82. The largest absolute Gasteiger partial charge is 0.299 e. The Balaban J connectivity index is 1.52. The number of aromatic nitrogens is 2. The first-order valence-electron chi connectivity index (χ1n) is 6.74. The molecular formula is C14H18N2OS. The standard InChI is InChI=1S/C14H18N2OS/c17-13(6-5-11-3-1-2-4-11)9-12-10-16-7-8-18-14(16)15-12/h7-8,10-11H,1-6,9H2. The Bertz CT molecular complexity index is 508. The number of rotatable bonds is 5. The molecule has 1 saturated carbocycles. The van der Waals surface area contributed by atoms with Gasteiger partial charge in [0, 0.05) is 24.2 Å². The van der Waals surface area contributed by atoms with Crippen LogP contribution in [-0.4, -0.2) is 15.2 Å². The predicted molar refractivity (Wildman–Crippen MR) is 73.0 cm³/mol. The van der Waals surface area contributed by atoms with Gasteiger partial charge in [0.2, 0.25) is 0 Å². The number of imidazole rings is 1. The van der Waals surface area contributed by atoms with E-state index < -0.39 is 0 Å². The Labute approximate surface area is 111 Å². The lowest BCUT2D eigenvalue weighted by Crippen LogP contribution is -2.05. The van der Waals surface area contributed by atoms with E-state index >= 15 is 0 Å². The molecule has 0 atom stereocenters. The van der Waals surface area contributed by atoms with Crippen LogP contribution in [0, 0.1) is 5.92 Å². The monoisotopic (exact) mass is 262 g/mol. The lowest BCUT2D eigenvalue weighted by molar-refractivity contribution is -0.118. The maximum absolute atomic E-state index is 11.9. The molecule has 2 aromatic rings. The molecule has 0 amide bonds. The molecule has 0 aromatic carbocycles. The van der Waals surface area contributed by atoms with Crippen molar-refractivity contribution in [2.75, 3.05) is 0 Å². The van der Waals surface area contributed by atoms with E-state index in [9.17, 15) is 4.79 Å². The topological polar surface area (TPSA) is 34.4 Å². The second-order valence-corrected chi connectivity index (χ2v) is 6.10. The first kappa shape index (κ1) is 11.9. The van der Waals surface area contributed by atoms with Gasteiger partial charge >= 0.3 is 0 Å². The van der Waals surface area contributed by atoms with E-state index in [1.165, 1.54) is 25.7 Å². The molecular weight excluding hydrogens is 244 g/mol. The highest BCUT2D eigenvalue weighted by Gasteiger charge is 2.16. The predicted octanol–water partition coefficient (Wildman–Crippen LogP) is 3.48. The van der Waals surface area contributed by atoms with Gasteiger partial charge in [0.05, 0.1) is 12.1 Å². The number of hydrogen-bond donors (Lipinski definition) is 0. The summed E-state index contributed by atoms with van der Waals surface area (Å²) in [6.45, 7) is 0. The summed E-state index contributed by atoms with van der Waals surface area (Å²) in [5, 5.41) is 2.01. The summed E-state index contributed by atoms with van der Waals surface area (Å²) in [5.74, 6) is 1.15. The highest BCUT2D eigenvalue weighted by Crippen LogP contribution is 2.28. The molecule has 0 spiro atoms. The Kier molecular flexibility index (Phi) is 3.46. The van der Waals surface area contributed by atoms with E-state index in [1.807, 2.05) is 22.2 Å². The summed E-state index contributed by atoms with van der Waals surface area (Å²) in [6.07, 6.45) is 11.6. The molecule has 96 valence electrons. The summed E-state index contributed by atoms with van der Waals surface area (Å²) in [5.41, 5.74) is 0.915. The minimum absolute atomic E-state index is 0.340. The van der Waals surface area contributed by atoms with E-state index in [4.69, 9.17) is 0 Å². The molecule has 0 unspecified atom stereocenters. The molecule has 18 heavy (non-hydrogen) atoms. The average molecular weight is 262 g/mol. The van der Waals surface area contributed by atoms with Crippen molar-refractivity contribution in [2.24, 2.45) is 5.92 Å². The van der Waals surface area contributed by atoms with Crippen LogP contribution in [0.25, 0.3) is 4.96 Å². The van der Waals surface area contributed by atoms with Gasteiger partial charge in [-0.15, -0.1) is 11.3 Å². The second-order valence-electron chi connectivity index (χ2n) is 5.23. The van der Waals surface area contributed by atoms with Gasteiger partial charge in [-0.05, 0) is 12.3 Å². The van der Waals surface area contributed by atoms with Gasteiger partial charge in [0.25, 0.3) is 0 Å². The van der Waals surface area contributed by atoms with Crippen molar-refractivity contribution in [2.45, 2.75) is 44.9 Å². The van der Waals surface area contributed by atoms with Crippen LogP contribution in [0.15, 0.2) is 17.8 Å². The number of carbonyl (C=O) groups excluding carboxylic acids is 1. The number of thiazole rings is 1. The van der Waals surface area contributed by atoms with E-state index in [2.05, 4.69) is 4.98 Å². The summed E-state index contributed by atoms with van der Waals surface area (Å²) in [7, 11) is 0. The van der Waals surface area contributed by atoms with Crippen LogP contribution in [0.4, 0.5) is 0 Å². The molecule has 0 N–H and O–H groups in total. The fourth-order valence-corrected chi connectivity index (χ4v) is 3.53. The molecule has 1 aliphatic carbocycles. The zero-order chi connectivity index (χ0) is 12.4. The van der Waals surface area contributed by atoms with Crippen molar-refractivity contribution in [1.29, 1.82) is 0 Å². The minimum Gasteiger partial charge on any atom is -0.299 e. The number of nitrogens with zero attached hydrogens (tertiary/aromatic N) is 2. The number of carbonyl (C=O) groups is 1. The summed E-state index contributed by atoms with van der Waals surface area (Å²) in [4.78, 5) is 17.4. The number of ketones is 1. The molecule has 0 radical (unpaired) electrons. The van der Waals surface area contributed by atoms with Gasteiger partial charge in [-0.25, -0.2) is 4.98 Å². The maximum atomic E-state index is 11.9. The summed E-state index contributed by atoms with van der Waals surface area (Å²) >= 11 is 1.61. The molecule has 0 aliphatic heterocycles. The SMILES string of the molecule is O=C(CCC1CCCC1)Cc1cn2ccsc2n1. The molecule has 4 heteroatoms. The first-order valence-corrected chi connectivity index (χ1v) is 7.62. The van der Waals surface area contributed by atoms with E-state index in [0.717, 1.165) is 29.4 Å². The van der Waals surface area contributed by atoms with Crippen molar-refractivity contribution in [3.05, 3.63) is 23.5 Å². The Hall–Kier alpha value is -1.16. The zero-order valence-corrected chi connectivity index (χ0v) is 11.3. The lowest BCUT2D eigenvalue weighted by Gasteiger charge is -2.06. The smallest absolute Gasteiger partial charge is 0.193 e. The molecule has 2 aromatic heterocycles. The van der Waals surface area contributed by atoms with Crippen molar-refractivity contribution >= 4 is 22.1 Å². The van der Waals surface area contributed by atoms with Gasteiger partial charge in [0.15, 0.2) is 4.96 Å². The summed E-state index contributed by atoms with van der Waals surface area (Å²) in [6, 6.07) is 0. The van der Waals surface area contributed by atoms with Crippen molar-refractivity contribution < 1.29 is 4.79 Å². The third kappa shape index (κ3) is 2.64. The number of Topliss-reactive ketones (excluding diaryl/α,β-unsaturated/α-hetero) is 1. The Morgan fingerprint density at radius 1 is 1.44 bits per heavy atom. The maximum Gasteiger partial charge on any atom is 0.193 e. The average Bonchev–Trinajstić information content (AvgIpc) is 3.01. The quantitative estimate of drug-likeness (QED) is 0.826. The van der Waals surface area contributed by atoms with Crippen molar-refractivity contribution in [3.63, 3.8) is 0 Å². The third-order valence-corrected chi connectivity index (χ3v) is 4.60. The number of hydrogen-bond acceptors (Lipinski definition) is 3. The number of fused-ring (bicyclic) bond motifs is 1. The highest BCUT2D eigenvalue weighted by molar-refractivity contribution is 7.15. The van der Waals surface area contributed by atoms with Gasteiger partial charge < -0.3 is 0 Å². The molecule has 0 bridgehead atoms. The van der Waals surface area contributed by atoms with Crippen LogP contribution in [0.5, 0.6) is 0 Å². The van der Waals surface area contributed by atoms with Crippen LogP contribution < -0.4 is 0 Å². The van der Waals surface area contributed by atoms with Crippen molar-refractivity contribution in [3.8, 4) is 0 Å². The first-order chi connectivity index (χ1) is 8.81. The Morgan fingerprint density at radius 3 is 3.06 bits per heavy atom. The van der Waals surface area contributed by atoms with Crippen LogP contribution in [0.1, 0.15) is 44.2 Å². The van der Waals surface area contributed by atoms with Gasteiger partial charge in [0.1, 0.15) is 5.78 Å². The van der Waals surface area contributed by atoms with Gasteiger partial charge in [-0.3, -0.25) is 9.20 Å².